The van der Waals surface area contributed by atoms with Crippen molar-refractivity contribution in [3.05, 3.63) is 112 Å². The van der Waals surface area contributed by atoms with Gasteiger partial charge in [0.05, 0.1) is 4.92 Å². The summed E-state index contributed by atoms with van der Waals surface area (Å²) in [5.41, 5.74) is 1.35. The fourth-order valence-corrected chi connectivity index (χ4v) is 3.57. The molecule has 4 rings (SSSR count). The van der Waals surface area contributed by atoms with E-state index in [4.69, 9.17) is 0 Å². The third-order valence-corrected chi connectivity index (χ3v) is 4.97. The summed E-state index contributed by atoms with van der Waals surface area (Å²) < 4.78 is 0. The van der Waals surface area contributed by atoms with Gasteiger partial charge in [0, 0.05) is 12.5 Å². The van der Waals surface area contributed by atoms with Crippen molar-refractivity contribution in [1.29, 1.82) is 0 Å². The molecule has 0 atom stereocenters. The van der Waals surface area contributed by atoms with Gasteiger partial charge in [0.25, 0.3) is 5.70 Å². The summed E-state index contributed by atoms with van der Waals surface area (Å²) in [6, 6.07) is 26.9. The smallest absolute Gasteiger partial charge is 0.295 e. The highest BCUT2D eigenvalue weighted by Gasteiger charge is 2.22. The molecule has 0 unspecified atom stereocenters. The van der Waals surface area contributed by atoms with Crippen molar-refractivity contribution in [3.8, 4) is 0 Å². The van der Waals surface area contributed by atoms with Gasteiger partial charge in [-0.3, -0.25) is 10.1 Å². The molecule has 0 saturated carbocycles. The molecule has 0 aliphatic carbocycles. The lowest BCUT2D eigenvalue weighted by Gasteiger charge is -2.08. The first-order chi connectivity index (χ1) is 14.2. The van der Waals surface area contributed by atoms with Crippen LogP contribution in [0.25, 0.3) is 27.6 Å². The lowest BCUT2D eigenvalue weighted by atomic mass is 9.98. The molecule has 29 heavy (non-hydrogen) atoms. The minimum atomic E-state index is -0.498. The lowest BCUT2D eigenvalue weighted by molar-refractivity contribution is -0.413. The summed E-state index contributed by atoms with van der Waals surface area (Å²) in [6.07, 6.45) is 1.62. The van der Waals surface area contributed by atoms with Gasteiger partial charge >= 0.3 is 0 Å². The Labute approximate surface area is 167 Å². The van der Waals surface area contributed by atoms with Crippen LogP contribution in [0, 0.1) is 10.1 Å². The second kappa shape index (κ2) is 7.94. The van der Waals surface area contributed by atoms with Crippen molar-refractivity contribution in [2.24, 2.45) is 5.16 Å². The zero-order valence-corrected chi connectivity index (χ0v) is 15.5. The number of hydrogen-bond donors (Lipinski definition) is 1. The topological polar surface area (TPSA) is 75.7 Å². The average Bonchev–Trinajstić information content (AvgIpc) is 2.76. The van der Waals surface area contributed by atoms with Gasteiger partial charge in [0.1, 0.15) is 0 Å². The molecule has 0 heterocycles. The Balaban J connectivity index is 1.79. The monoisotopic (exact) mass is 382 g/mol. The zero-order chi connectivity index (χ0) is 20.2. The SMILES string of the molecule is O=[N+]([O-])C(=C/c1cccc2ccccc12)/C(Cc1cccc2ccccc12)=N\O. The van der Waals surface area contributed by atoms with E-state index in [1.807, 2.05) is 84.9 Å². The van der Waals surface area contributed by atoms with E-state index in [0.717, 1.165) is 27.1 Å². The molecule has 1 N–H and O–H groups in total. The van der Waals surface area contributed by atoms with Gasteiger partial charge in [0.2, 0.25) is 0 Å². The van der Waals surface area contributed by atoms with E-state index in [2.05, 4.69) is 5.16 Å². The number of rotatable bonds is 5. The molecule has 0 fully saturated rings. The van der Waals surface area contributed by atoms with Crippen molar-refractivity contribution in [1.82, 2.24) is 0 Å². The predicted octanol–water partition coefficient (Wildman–Crippen LogP) is 5.68. The minimum absolute atomic E-state index is 0.0132. The molecular formula is C24H18N2O3. The van der Waals surface area contributed by atoms with Crippen LogP contribution in [-0.2, 0) is 6.42 Å². The largest absolute Gasteiger partial charge is 0.410 e. The molecule has 5 heteroatoms. The van der Waals surface area contributed by atoms with E-state index < -0.39 is 4.92 Å². The Bertz CT molecular complexity index is 1260. The van der Waals surface area contributed by atoms with Gasteiger partial charge in [-0.15, -0.1) is 0 Å². The zero-order valence-electron chi connectivity index (χ0n) is 15.5. The highest BCUT2D eigenvalue weighted by molar-refractivity contribution is 6.05. The number of hydrogen-bond acceptors (Lipinski definition) is 4. The molecule has 4 aromatic rings. The third-order valence-electron chi connectivity index (χ3n) is 4.97. The Hall–Kier alpha value is -3.99. The second-order valence-electron chi connectivity index (χ2n) is 6.72. The lowest BCUT2D eigenvalue weighted by Crippen LogP contribution is -2.14. The van der Waals surface area contributed by atoms with Gasteiger partial charge in [-0.2, -0.15) is 0 Å². The van der Waals surface area contributed by atoms with Crippen molar-refractivity contribution in [2.75, 3.05) is 0 Å². The molecule has 0 bridgehead atoms. The maximum absolute atomic E-state index is 11.8. The van der Waals surface area contributed by atoms with Crippen molar-refractivity contribution in [3.63, 3.8) is 0 Å². The van der Waals surface area contributed by atoms with E-state index >= 15 is 0 Å². The van der Waals surface area contributed by atoms with Crippen LogP contribution in [0.5, 0.6) is 0 Å². The van der Waals surface area contributed by atoms with Gasteiger partial charge in [-0.25, -0.2) is 0 Å². The molecule has 0 amide bonds. The number of fused-ring (bicyclic) bond motifs is 2. The molecule has 0 saturated heterocycles. The molecule has 0 aliphatic heterocycles. The fraction of sp³-hybridized carbons (Fsp3) is 0.0417. The number of nitrogens with zero attached hydrogens (tertiary/aromatic N) is 2. The number of nitro groups is 1. The van der Waals surface area contributed by atoms with Crippen LogP contribution in [0.3, 0.4) is 0 Å². The first-order valence-electron chi connectivity index (χ1n) is 9.19. The van der Waals surface area contributed by atoms with Crippen LogP contribution in [-0.4, -0.2) is 15.8 Å². The summed E-state index contributed by atoms with van der Waals surface area (Å²) in [5.74, 6) is 0. The van der Waals surface area contributed by atoms with Gasteiger partial charge in [0.15, 0.2) is 5.71 Å². The molecular weight excluding hydrogens is 364 g/mol. The quantitative estimate of drug-likeness (QED) is 0.209. The first-order valence-corrected chi connectivity index (χ1v) is 9.19. The molecule has 0 aromatic heterocycles. The number of allylic oxidation sites excluding steroid dienone is 1. The van der Waals surface area contributed by atoms with E-state index in [1.165, 1.54) is 6.08 Å². The Kier molecular flexibility index (Phi) is 5.03. The Morgan fingerprint density at radius 3 is 2.14 bits per heavy atom. The summed E-state index contributed by atoms with van der Waals surface area (Å²) in [7, 11) is 0. The van der Waals surface area contributed by atoms with Crippen LogP contribution in [0.15, 0.2) is 95.8 Å². The molecule has 142 valence electrons. The summed E-state index contributed by atoms with van der Waals surface area (Å²) in [4.78, 5) is 11.3. The van der Waals surface area contributed by atoms with E-state index in [1.54, 1.807) is 0 Å². The van der Waals surface area contributed by atoms with Crippen LogP contribution >= 0.6 is 0 Å². The summed E-state index contributed by atoms with van der Waals surface area (Å²) in [6.45, 7) is 0. The van der Waals surface area contributed by atoms with Gasteiger partial charge in [-0.05, 0) is 32.7 Å². The van der Waals surface area contributed by atoms with Crippen LogP contribution < -0.4 is 0 Å². The summed E-state index contributed by atoms with van der Waals surface area (Å²) >= 11 is 0. The number of oxime groups is 1. The fourth-order valence-electron chi connectivity index (χ4n) is 3.57. The highest BCUT2D eigenvalue weighted by Crippen LogP contribution is 2.24. The van der Waals surface area contributed by atoms with Crippen LogP contribution in [0.2, 0.25) is 0 Å². The highest BCUT2D eigenvalue weighted by atomic mass is 16.6. The van der Waals surface area contributed by atoms with Crippen LogP contribution in [0.4, 0.5) is 0 Å². The minimum Gasteiger partial charge on any atom is -0.410 e. The van der Waals surface area contributed by atoms with E-state index in [-0.39, 0.29) is 17.8 Å². The standard InChI is InChI=1S/C24H18N2O3/c27-25-23(15-19-11-5-9-17-7-1-3-13-21(17)19)24(26(28)29)16-20-12-6-10-18-8-2-4-14-22(18)20/h1-14,16,27H,15H2/b24-16+,25-23-. The predicted molar refractivity (Wildman–Crippen MR) is 116 cm³/mol. The maximum Gasteiger partial charge on any atom is 0.295 e. The molecule has 0 spiro atoms. The number of benzene rings is 4. The Morgan fingerprint density at radius 2 is 1.45 bits per heavy atom. The maximum atomic E-state index is 11.8. The Morgan fingerprint density at radius 1 is 0.862 bits per heavy atom. The average molecular weight is 382 g/mol. The molecule has 4 aromatic carbocycles. The molecule has 5 nitrogen and oxygen atoms in total. The van der Waals surface area contributed by atoms with Gasteiger partial charge in [-0.1, -0.05) is 90.1 Å². The second-order valence-corrected chi connectivity index (χ2v) is 6.72. The molecule has 0 aliphatic rings. The normalized spacial score (nSPS) is 12.4. The van der Waals surface area contributed by atoms with Gasteiger partial charge < -0.3 is 5.21 Å². The molecule has 0 radical (unpaired) electrons. The van der Waals surface area contributed by atoms with E-state index in [9.17, 15) is 15.3 Å². The third kappa shape index (κ3) is 3.71. The van der Waals surface area contributed by atoms with Crippen molar-refractivity contribution < 1.29 is 10.1 Å². The first kappa shape index (κ1) is 18.4. The summed E-state index contributed by atoms with van der Waals surface area (Å²) in [5, 5.41) is 28.6. The van der Waals surface area contributed by atoms with Crippen molar-refractivity contribution in [2.45, 2.75) is 6.42 Å². The van der Waals surface area contributed by atoms with Crippen molar-refractivity contribution >= 4 is 33.3 Å². The van der Waals surface area contributed by atoms with E-state index in [0.29, 0.717) is 5.56 Å². The van der Waals surface area contributed by atoms with Crippen LogP contribution in [0.1, 0.15) is 11.1 Å².